The van der Waals surface area contributed by atoms with Crippen LogP contribution in [0.5, 0.6) is 0 Å². The summed E-state index contributed by atoms with van der Waals surface area (Å²) < 4.78 is 49.7. The smallest absolute Gasteiger partial charge is 0.136 e. The summed E-state index contributed by atoms with van der Waals surface area (Å²) in [6.07, 6.45) is 0. The number of furan rings is 1. The lowest BCUT2D eigenvalue weighted by Gasteiger charge is -2.18. The summed E-state index contributed by atoms with van der Waals surface area (Å²) in [4.78, 5) is 0. The van der Waals surface area contributed by atoms with Crippen LogP contribution in [0.4, 0.5) is 0 Å². The van der Waals surface area contributed by atoms with Crippen LogP contribution in [-0.2, 0) is 0 Å². The van der Waals surface area contributed by atoms with Gasteiger partial charge in [-0.1, -0.05) is 188 Å². The maximum Gasteiger partial charge on any atom is 0.136 e. The Hall–Kier alpha value is -7.48. The fraction of sp³-hybridized carbons (Fsp3) is 0. The van der Waals surface area contributed by atoms with Gasteiger partial charge in [0.05, 0.1) is 6.85 Å². The molecule has 0 saturated carbocycles. The zero-order valence-corrected chi connectivity index (χ0v) is 30.8. The minimum Gasteiger partial charge on any atom is -0.456 e. The third-order valence-corrected chi connectivity index (χ3v) is 11.1. The van der Waals surface area contributed by atoms with Gasteiger partial charge in [0.1, 0.15) is 11.2 Å². The van der Waals surface area contributed by atoms with Crippen LogP contribution in [0.25, 0.3) is 110 Å². The molecule has 1 heterocycles. The molecule has 1 heteroatoms. The highest BCUT2D eigenvalue weighted by Crippen LogP contribution is 2.47. The number of fused-ring (bicyclic) bond motifs is 5. The second-order valence-corrected chi connectivity index (χ2v) is 14.4. The molecule has 1 nitrogen and oxygen atoms in total. The van der Waals surface area contributed by atoms with Crippen molar-refractivity contribution in [3.05, 3.63) is 218 Å². The molecule has 0 N–H and O–H groups in total. The molecule has 0 aliphatic heterocycles. The predicted molar refractivity (Wildman–Crippen MR) is 241 cm³/mol. The molecule has 0 unspecified atom stereocenters. The lowest BCUT2D eigenvalue weighted by molar-refractivity contribution is 0.669. The summed E-state index contributed by atoms with van der Waals surface area (Å²) in [5.41, 5.74) is 13.3. The van der Waals surface area contributed by atoms with Gasteiger partial charge in [0.25, 0.3) is 0 Å². The second kappa shape index (κ2) is 13.7. The minimum absolute atomic E-state index is 0.199. The fourth-order valence-electron chi connectivity index (χ4n) is 8.62. The minimum atomic E-state index is -0.406. The molecule has 0 amide bonds. The van der Waals surface area contributed by atoms with Crippen LogP contribution in [0.1, 0.15) is 6.85 Å². The van der Waals surface area contributed by atoms with Crippen molar-refractivity contribution in [1.82, 2.24) is 0 Å². The van der Waals surface area contributed by atoms with E-state index in [-0.39, 0.29) is 29.7 Å². The van der Waals surface area contributed by atoms with Crippen molar-refractivity contribution in [2.75, 3.05) is 0 Å². The third kappa shape index (κ3) is 5.63. The molecule has 0 atom stereocenters. The monoisotopic (exact) mass is 729 g/mol. The van der Waals surface area contributed by atoms with Gasteiger partial charge >= 0.3 is 0 Å². The summed E-state index contributed by atoms with van der Waals surface area (Å²) in [6.45, 7) is 0. The number of hydrogen-bond donors (Lipinski definition) is 0. The SMILES string of the molecule is [2H]c1c([2H])c([2H])c(-c2c3ccccc3c(-c3ccc(-c4c(-c5cc(-c6ccccc6)cc(-c6ccccc6)c5)ccc5oc6ccccc6c45)cc3)c3ccccc23)c([2H])c1[2H]. The normalized spacial score (nSPS) is 12.7. The van der Waals surface area contributed by atoms with E-state index in [2.05, 4.69) is 127 Å². The Bertz CT molecular complexity index is 3410. The quantitative estimate of drug-likeness (QED) is 0.155. The lowest BCUT2D eigenvalue weighted by atomic mass is 9.85. The van der Waals surface area contributed by atoms with Crippen LogP contribution in [-0.4, -0.2) is 0 Å². The predicted octanol–water partition coefficient (Wildman–Crippen LogP) is 15.9. The zero-order chi connectivity index (χ0) is 42.1. The van der Waals surface area contributed by atoms with Crippen molar-refractivity contribution in [2.24, 2.45) is 0 Å². The molecule has 0 aliphatic carbocycles. The van der Waals surface area contributed by atoms with Gasteiger partial charge in [-0.05, 0) is 113 Å². The molecule has 11 rings (SSSR count). The summed E-state index contributed by atoms with van der Waals surface area (Å²) >= 11 is 0. The van der Waals surface area contributed by atoms with Gasteiger partial charge in [0.15, 0.2) is 0 Å². The van der Waals surface area contributed by atoms with Crippen LogP contribution >= 0.6 is 0 Å². The first-order valence-corrected chi connectivity index (χ1v) is 19.2. The maximum absolute atomic E-state index is 8.95. The van der Waals surface area contributed by atoms with E-state index in [1.807, 2.05) is 60.7 Å². The average Bonchev–Trinajstić information content (AvgIpc) is 3.72. The molecule has 11 aromatic rings. The molecular formula is C56H36O. The van der Waals surface area contributed by atoms with Gasteiger partial charge in [-0.15, -0.1) is 0 Å². The highest BCUT2D eigenvalue weighted by Gasteiger charge is 2.21. The standard InChI is InChI=1S/C56H36O/c1-4-16-37(17-5-1)42-34-43(38-18-6-2-7-19-38)36-44(35-42)45-32-33-52-56(50-26-14-15-27-51(50)57-52)55(45)41-30-28-40(29-31-41)54-48-24-12-10-22-46(48)53(39-20-8-3-9-21-39)47-23-11-13-25-49(47)54/h1-36H/i3D,8D,9D,20D,21D. The Morgan fingerprint density at radius 2 is 0.754 bits per heavy atom. The molecule has 0 aliphatic rings. The van der Waals surface area contributed by atoms with E-state index in [0.29, 0.717) is 5.56 Å². The first-order valence-electron chi connectivity index (χ1n) is 21.7. The van der Waals surface area contributed by atoms with Crippen molar-refractivity contribution >= 4 is 43.5 Å². The Balaban J connectivity index is 1.15. The van der Waals surface area contributed by atoms with Crippen LogP contribution in [0, 0.1) is 0 Å². The summed E-state index contributed by atoms with van der Waals surface area (Å²) in [6, 6.07) is 63.6. The van der Waals surface area contributed by atoms with E-state index >= 15 is 0 Å². The number of benzene rings is 10. The van der Waals surface area contributed by atoms with Gasteiger partial charge in [0.2, 0.25) is 0 Å². The van der Waals surface area contributed by atoms with Crippen LogP contribution in [0.2, 0.25) is 0 Å². The number of para-hydroxylation sites is 1. The first-order chi connectivity index (χ1) is 30.4. The van der Waals surface area contributed by atoms with Crippen molar-refractivity contribution in [2.45, 2.75) is 0 Å². The van der Waals surface area contributed by atoms with E-state index in [1.54, 1.807) is 0 Å². The Morgan fingerprint density at radius 1 is 0.298 bits per heavy atom. The van der Waals surface area contributed by atoms with E-state index < -0.39 is 6.04 Å². The van der Waals surface area contributed by atoms with Crippen LogP contribution in [0.3, 0.4) is 0 Å². The second-order valence-electron chi connectivity index (χ2n) is 14.4. The van der Waals surface area contributed by atoms with Crippen molar-refractivity contribution in [3.63, 3.8) is 0 Å². The zero-order valence-electron chi connectivity index (χ0n) is 35.8. The first kappa shape index (κ1) is 28.0. The van der Waals surface area contributed by atoms with Crippen LogP contribution in [0.15, 0.2) is 223 Å². The van der Waals surface area contributed by atoms with Gasteiger partial charge in [0, 0.05) is 16.3 Å². The molecule has 0 fully saturated rings. The molecule has 57 heavy (non-hydrogen) atoms. The Labute approximate surface area is 338 Å². The maximum atomic E-state index is 8.95. The molecule has 0 spiro atoms. The van der Waals surface area contributed by atoms with Crippen LogP contribution < -0.4 is 0 Å². The lowest BCUT2D eigenvalue weighted by Crippen LogP contribution is -1.92. The average molecular weight is 730 g/mol. The summed E-state index contributed by atoms with van der Waals surface area (Å²) in [7, 11) is 0. The molecule has 0 saturated heterocycles. The topological polar surface area (TPSA) is 13.1 Å². The molecular weight excluding hydrogens is 689 g/mol. The van der Waals surface area contributed by atoms with E-state index in [1.165, 1.54) is 0 Å². The molecule has 0 bridgehead atoms. The van der Waals surface area contributed by atoms with Gasteiger partial charge in [-0.3, -0.25) is 0 Å². The summed E-state index contributed by atoms with van der Waals surface area (Å²) in [5, 5.41) is 5.58. The van der Waals surface area contributed by atoms with Gasteiger partial charge in [-0.25, -0.2) is 0 Å². The molecule has 1 aromatic heterocycles. The van der Waals surface area contributed by atoms with Crippen molar-refractivity contribution in [1.29, 1.82) is 0 Å². The Kier molecular flexibility index (Phi) is 6.72. The molecule has 0 radical (unpaired) electrons. The van der Waals surface area contributed by atoms with Crippen molar-refractivity contribution in [3.8, 4) is 66.8 Å². The fourth-order valence-corrected chi connectivity index (χ4v) is 8.62. The highest BCUT2D eigenvalue weighted by molar-refractivity contribution is 6.22. The van der Waals surface area contributed by atoms with Crippen molar-refractivity contribution < 1.29 is 11.3 Å². The number of hydrogen-bond acceptors (Lipinski definition) is 1. The van der Waals surface area contributed by atoms with E-state index in [4.69, 9.17) is 11.3 Å². The highest BCUT2D eigenvalue weighted by atomic mass is 16.3. The third-order valence-electron chi connectivity index (χ3n) is 11.1. The van der Waals surface area contributed by atoms with E-state index in [9.17, 15) is 0 Å². The Morgan fingerprint density at radius 3 is 1.32 bits per heavy atom. The largest absolute Gasteiger partial charge is 0.456 e. The summed E-state index contributed by atoms with van der Waals surface area (Å²) in [5.74, 6) is 0. The van der Waals surface area contributed by atoms with Gasteiger partial charge < -0.3 is 4.42 Å². The molecule has 266 valence electrons. The van der Waals surface area contributed by atoms with Gasteiger partial charge in [-0.2, -0.15) is 0 Å². The number of rotatable bonds is 6. The van der Waals surface area contributed by atoms with E-state index in [0.717, 1.165) is 99.1 Å². The molecule has 10 aromatic carbocycles.